The number of hydrogen-bond acceptors (Lipinski definition) is 6. The van der Waals surface area contributed by atoms with E-state index in [-0.39, 0.29) is 18.1 Å². The summed E-state index contributed by atoms with van der Waals surface area (Å²) in [6.45, 7) is 0.104. The van der Waals surface area contributed by atoms with Crippen molar-refractivity contribution in [1.29, 1.82) is 0 Å². The first-order valence-corrected chi connectivity index (χ1v) is 8.49. The van der Waals surface area contributed by atoms with E-state index in [0.717, 1.165) is 0 Å². The van der Waals surface area contributed by atoms with Gasteiger partial charge in [0.25, 0.3) is 0 Å². The summed E-state index contributed by atoms with van der Waals surface area (Å²) in [6, 6.07) is 5.04. The van der Waals surface area contributed by atoms with Crippen LogP contribution in [-0.4, -0.2) is 45.8 Å². The number of aliphatic hydroxyl groups excluding tert-OH is 1. The Kier molecular flexibility index (Phi) is 4.46. The molecule has 0 radical (unpaired) electrons. The molecule has 3 N–H and O–H groups in total. The SMILES string of the molecule is COc1cc(OC)cc(C(O)C2(CN)CCS(=O)(=O)C2)c1. The Morgan fingerprint density at radius 1 is 1.29 bits per heavy atom. The first-order valence-electron chi connectivity index (χ1n) is 6.67. The molecule has 0 bridgehead atoms. The lowest BCUT2D eigenvalue weighted by Gasteiger charge is -2.32. The minimum absolute atomic E-state index is 0.0579. The number of methoxy groups -OCH3 is 2. The average Bonchev–Trinajstić information content (AvgIpc) is 2.82. The van der Waals surface area contributed by atoms with Crippen molar-refractivity contribution in [1.82, 2.24) is 0 Å². The molecule has 0 spiro atoms. The monoisotopic (exact) mass is 315 g/mol. The molecular weight excluding hydrogens is 294 g/mol. The maximum Gasteiger partial charge on any atom is 0.151 e. The molecule has 0 amide bonds. The van der Waals surface area contributed by atoms with Crippen LogP contribution in [0.3, 0.4) is 0 Å². The topological polar surface area (TPSA) is 98.8 Å². The number of benzene rings is 1. The summed E-state index contributed by atoms with van der Waals surface area (Å²) < 4.78 is 33.9. The molecular formula is C14H21NO5S. The first-order chi connectivity index (χ1) is 9.85. The Bertz CT molecular complexity index is 594. The quantitative estimate of drug-likeness (QED) is 0.821. The molecule has 1 fully saturated rings. The van der Waals surface area contributed by atoms with Crippen molar-refractivity contribution < 1.29 is 23.0 Å². The Morgan fingerprint density at radius 2 is 1.86 bits per heavy atom. The molecule has 7 heteroatoms. The predicted molar refractivity (Wildman–Crippen MR) is 79.3 cm³/mol. The van der Waals surface area contributed by atoms with E-state index in [1.807, 2.05) is 0 Å². The molecule has 0 aromatic heterocycles. The summed E-state index contributed by atoms with van der Waals surface area (Å²) in [4.78, 5) is 0. The van der Waals surface area contributed by atoms with E-state index in [1.54, 1.807) is 18.2 Å². The minimum atomic E-state index is -3.15. The summed E-state index contributed by atoms with van der Waals surface area (Å²) in [5.74, 6) is 1.03. The highest BCUT2D eigenvalue weighted by Crippen LogP contribution is 2.44. The van der Waals surface area contributed by atoms with Gasteiger partial charge in [-0.15, -0.1) is 0 Å². The first kappa shape index (κ1) is 16.1. The molecule has 1 aliphatic heterocycles. The van der Waals surface area contributed by atoms with Crippen LogP contribution < -0.4 is 15.2 Å². The van der Waals surface area contributed by atoms with Gasteiger partial charge in [0, 0.05) is 18.0 Å². The van der Waals surface area contributed by atoms with Gasteiger partial charge in [-0.2, -0.15) is 0 Å². The smallest absolute Gasteiger partial charge is 0.151 e. The largest absolute Gasteiger partial charge is 0.497 e. The summed E-state index contributed by atoms with van der Waals surface area (Å²) >= 11 is 0. The van der Waals surface area contributed by atoms with Gasteiger partial charge in [-0.05, 0) is 24.1 Å². The summed E-state index contributed by atoms with van der Waals surface area (Å²) in [7, 11) is -0.118. The summed E-state index contributed by atoms with van der Waals surface area (Å²) in [6.07, 6.45) is -0.629. The van der Waals surface area contributed by atoms with Crippen LogP contribution in [0.1, 0.15) is 18.1 Å². The second kappa shape index (κ2) is 5.82. The van der Waals surface area contributed by atoms with Crippen LogP contribution in [-0.2, 0) is 9.84 Å². The van der Waals surface area contributed by atoms with Crippen LogP contribution in [0.25, 0.3) is 0 Å². The van der Waals surface area contributed by atoms with Gasteiger partial charge in [-0.3, -0.25) is 0 Å². The van der Waals surface area contributed by atoms with E-state index in [9.17, 15) is 13.5 Å². The fraction of sp³-hybridized carbons (Fsp3) is 0.571. The molecule has 2 unspecified atom stereocenters. The van der Waals surface area contributed by atoms with Crippen molar-refractivity contribution >= 4 is 9.84 Å². The highest BCUT2D eigenvalue weighted by atomic mass is 32.2. The molecule has 1 heterocycles. The molecule has 21 heavy (non-hydrogen) atoms. The molecule has 6 nitrogen and oxygen atoms in total. The predicted octanol–water partition coefficient (Wildman–Crippen LogP) is 0.501. The normalized spacial score (nSPS) is 25.5. The van der Waals surface area contributed by atoms with Crippen molar-refractivity contribution in [2.24, 2.45) is 11.1 Å². The van der Waals surface area contributed by atoms with Crippen LogP contribution in [0.2, 0.25) is 0 Å². The van der Waals surface area contributed by atoms with Crippen LogP contribution in [0, 0.1) is 5.41 Å². The van der Waals surface area contributed by atoms with Crippen molar-refractivity contribution in [2.45, 2.75) is 12.5 Å². The fourth-order valence-electron chi connectivity index (χ4n) is 2.77. The van der Waals surface area contributed by atoms with E-state index in [2.05, 4.69) is 0 Å². The van der Waals surface area contributed by atoms with Crippen molar-refractivity contribution in [3.63, 3.8) is 0 Å². The Morgan fingerprint density at radius 3 is 2.24 bits per heavy atom. The molecule has 0 saturated carbocycles. The number of hydrogen-bond donors (Lipinski definition) is 2. The third-order valence-corrected chi connectivity index (χ3v) is 5.94. The summed E-state index contributed by atoms with van der Waals surface area (Å²) in [5, 5.41) is 10.7. The third kappa shape index (κ3) is 3.14. The van der Waals surface area contributed by atoms with Gasteiger partial charge in [0.2, 0.25) is 0 Å². The molecule has 1 aliphatic rings. The zero-order chi connectivity index (χ0) is 15.7. The van der Waals surface area contributed by atoms with Crippen LogP contribution >= 0.6 is 0 Å². The zero-order valence-electron chi connectivity index (χ0n) is 12.2. The molecule has 2 atom stereocenters. The maximum atomic E-state index is 11.8. The number of ether oxygens (including phenoxy) is 2. The zero-order valence-corrected chi connectivity index (χ0v) is 13.0. The van der Waals surface area contributed by atoms with Gasteiger partial charge >= 0.3 is 0 Å². The van der Waals surface area contributed by atoms with Gasteiger partial charge in [0.05, 0.1) is 31.8 Å². The van der Waals surface area contributed by atoms with Crippen molar-refractivity contribution in [2.75, 3.05) is 32.3 Å². The molecule has 1 saturated heterocycles. The van der Waals surface area contributed by atoms with E-state index in [4.69, 9.17) is 15.2 Å². The molecule has 0 aliphatic carbocycles. The van der Waals surface area contributed by atoms with Gasteiger partial charge < -0.3 is 20.3 Å². The van der Waals surface area contributed by atoms with E-state index in [1.165, 1.54) is 14.2 Å². The van der Waals surface area contributed by atoms with Gasteiger partial charge in [0.15, 0.2) is 9.84 Å². The van der Waals surface area contributed by atoms with Gasteiger partial charge in [0.1, 0.15) is 11.5 Å². The number of aliphatic hydroxyl groups is 1. The molecule has 118 valence electrons. The van der Waals surface area contributed by atoms with Crippen LogP contribution in [0.15, 0.2) is 18.2 Å². The highest BCUT2D eigenvalue weighted by molar-refractivity contribution is 7.91. The van der Waals surface area contributed by atoms with Gasteiger partial charge in [-0.25, -0.2) is 8.42 Å². The van der Waals surface area contributed by atoms with Crippen LogP contribution in [0.5, 0.6) is 11.5 Å². The third-order valence-electron chi connectivity index (χ3n) is 4.09. The second-order valence-electron chi connectivity index (χ2n) is 5.46. The standard InChI is InChI=1S/C14H21NO5S/c1-19-11-5-10(6-12(7-11)20-2)13(16)14(8-15)3-4-21(17,18)9-14/h5-7,13,16H,3-4,8-9,15H2,1-2H3. The minimum Gasteiger partial charge on any atom is -0.497 e. The lowest BCUT2D eigenvalue weighted by atomic mass is 9.78. The molecule has 2 rings (SSSR count). The fourth-order valence-corrected chi connectivity index (χ4v) is 4.93. The van der Waals surface area contributed by atoms with Crippen molar-refractivity contribution in [3.8, 4) is 11.5 Å². The Balaban J connectivity index is 2.40. The summed E-state index contributed by atoms with van der Waals surface area (Å²) in [5.41, 5.74) is 5.48. The van der Waals surface area contributed by atoms with E-state index in [0.29, 0.717) is 23.5 Å². The number of sulfone groups is 1. The lowest BCUT2D eigenvalue weighted by Crippen LogP contribution is -2.38. The van der Waals surface area contributed by atoms with Crippen LogP contribution in [0.4, 0.5) is 0 Å². The second-order valence-corrected chi connectivity index (χ2v) is 7.64. The maximum absolute atomic E-state index is 11.8. The van der Waals surface area contributed by atoms with E-state index >= 15 is 0 Å². The number of rotatable bonds is 5. The van der Waals surface area contributed by atoms with Gasteiger partial charge in [-0.1, -0.05) is 0 Å². The average molecular weight is 315 g/mol. The Labute approximate surface area is 124 Å². The Hall–Kier alpha value is -1.31. The highest BCUT2D eigenvalue weighted by Gasteiger charge is 2.47. The molecule has 1 aromatic carbocycles. The lowest BCUT2D eigenvalue weighted by molar-refractivity contribution is 0.0468. The van der Waals surface area contributed by atoms with E-state index < -0.39 is 21.4 Å². The van der Waals surface area contributed by atoms with Crippen molar-refractivity contribution in [3.05, 3.63) is 23.8 Å². The molecule has 1 aromatic rings. The number of nitrogens with two attached hydrogens (primary N) is 1.